The molecule has 1 heterocycles. The van der Waals surface area contributed by atoms with Crippen molar-refractivity contribution in [2.45, 2.75) is 36.2 Å². The average molecular weight is 354 g/mol. The topological polar surface area (TPSA) is 63.4 Å². The number of halogens is 3. The molecule has 0 amide bonds. The number of alkyl halides is 3. The van der Waals surface area contributed by atoms with Crippen LogP contribution in [-0.2, 0) is 16.2 Å². The third kappa shape index (κ3) is 3.52. The zero-order valence-corrected chi connectivity index (χ0v) is 13.7. The number of primary sulfonamides is 1. The van der Waals surface area contributed by atoms with Gasteiger partial charge in [0.15, 0.2) is 0 Å². The molecule has 1 aliphatic heterocycles. The fraction of sp³-hybridized carbons (Fsp3) is 0.538. The molecular formula is C13H17F3N2O2S2. The second-order valence-corrected chi connectivity index (χ2v) is 8.25. The smallest absolute Gasteiger partial charge is 0.367 e. The zero-order valence-electron chi connectivity index (χ0n) is 12.1. The Labute approximate surface area is 131 Å². The summed E-state index contributed by atoms with van der Waals surface area (Å²) in [7, 11) is -4.43. The molecular weight excluding hydrogens is 337 g/mol. The van der Waals surface area contributed by atoms with Gasteiger partial charge in [-0.05, 0) is 25.1 Å². The number of sulfonamides is 1. The molecule has 1 aliphatic rings. The van der Waals surface area contributed by atoms with Crippen molar-refractivity contribution in [2.75, 3.05) is 17.2 Å². The summed E-state index contributed by atoms with van der Waals surface area (Å²) in [6.07, 6.45) is -4.78. The van der Waals surface area contributed by atoms with Crippen molar-refractivity contribution in [1.29, 1.82) is 0 Å². The molecule has 1 aromatic carbocycles. The molecule has 124 valence electrons. The standard InChI is InChI=1S/C13H17F3N2O2S2/c1-8-9(2)21-6-5-18(8)10-3-4-12(22(17,19)20)11(7-10)13(14,15)16/h3-4,7-9H,5-6H2,1-2H3,(H2,17,19,20). The van der Waals surface area contributed by atoms with Crippen molar-refractivity contribution in [3.05, 3.63) is 23.8 Å². The van der Waals surface area contributed by atoms with E-state index >= 15 is 0 Å². The lowest BCUT2D eigenvalue weighted by atomic mass is 10.1. The monoisotopic (exact) mass is 354 g/mol. The van der Waals surface area contributed by atoms with E-state index in [4.69, 9.17) is 5.14 Å². The summed E-state index contributed by atoms with van der Waals surface area (Å²) in [5, 5.41) is 5.17. The third-order valence-electron chi connectivity index (χ3n) is 3.79. The van der Waals surface area contributed by atoms with Gasteiger partial charge in [0.05, 0.1) is 10.5 Å². The Bertz CT molecular complexity index is 662. The number of hydrogen-bond donors (Lipinski definition) is 1. The van der Waals surface area contributed by atoms with Crippen molar-refractivity contribution in [3.63, 3.8) is 0 Å². The number of rotatable bonds is 2. The van der Waals surface area contributed by atoms with E-state index in [-0.39, 0.29) is 11.3 Å². The van der Waals surface area contributed by atoms with E-state index in [0.29, 0.717) is 12.2 Å². The second-order valence-electron chi connectivity index (χ2n) is 5.23. The van der Waals surface area contributed by atoms with Crippen molar-refractivity contribution < 1.29 is 21.6 Å². The average Bonchev–Trinajstić information content (AvgIpc) is 2.39. The van der Waals surface area contributed by atoms with Crippen LogP contribution in [0.3, 0.4) is 0 Å². The fourth-order valence-corrected chi connectivity index (χ4v) is 4.30. The predicted octanol–water partition coefficient (Wildman–Crippen LogP) is 2.68. The molecule has 4 nitrogen and oxygen atoms in total. The molecule has 0 saturated carbocycles. The van der Waals surface area contributed by atoms with Gasteiger partial charge in [-0.2, -0.15) is 24.9 Å². The first-order valence-corrected chi connectivity index (χ1v) is 9.23. The van der Waals surface area contributed by atoms with Crippen molar-refractivity contribution >= 4 is 27.5 Å². The molecule has 1 saturated heterocycles. The predicted molar refractivity (Wildman–Crippen MR) is 81.5 cm³/mol. The molecule has 2 atom stereocenters. The summed E-state index contributed by atoms with van der Waals surface area (Å²) in [6.45, 7) is 4.57. The summed E-state index contributed by atoms with van der Waals surface area (Å²) in [4.78, 5) is 0.972. The lowest BCUT2D eigenvalue weighted by Crippen LogP contribution is -2.44. The molecule has 0 aromatic heterocycles. The van der Waals surface area contributed by atoms with Gasteiger partial charge in [-0.15, -0.1) is 0 Å². The number of anilines is 1. The van der Waals surface area contributed by atoms with Crippen LogP contribution < -0.4 is 10.0 Å². The van der Waals surface area contributed by atoms with Crippen LogP contribution in [0.1, 0.15) is 19.4 Å². The van der Waals surface area contributed by atoms with Gasteiger partial charge in [-0.25, -0.2) is 13.6 Å². The van der Waals surface area contributed by atoms with Crippen molar-refractivity contribution in [1.82, 2.24) is 0 Å². The van der Waals surface area contributed by atoms with Crippen molar-refractivity contribution in [2.24, 2.45) is 5.14 Å². The summed E-state index contributed by atoms with van der Waals surface area (Å²) >= 11 is 1.76. The first kappa shape index (κ1) is 17.4. The van der Waals surface area contributed by atoms with Crippen LogP contribution in [0.4, 0.5) is 18.9 Å². The Hall–Kier alpha value is -0.930. The van der Waals surface area contributed by atoms with Crippen LogP contribution in [0.25, 0.3) is 0 Å². The number of hydrogen-bond acceptors (Lipinski definition) is 4. The van der Waals surface area contributed by atoms with E-state index in [1.807, 2.05) is 18.7 Å². The number of thioether (sulfide) groups is 1. The quantitative estimate of drug-likeness (QED) is 0.887. The van der Waals surface area contributed by atoms with Gasteiger partial charge in [0.1, 0.15) is 0 Å². The largest absolute Gasteiger partial charge is 0.417 e. The van der Waals surface area contributed by atoms with Gasteiger partial charge >= 0.3 is 6.18 Å². The summed E-state index contributed by atoms with van der Waals surface area (Å²) in [5.74, 6) is 0.809. The number of benzene rings is 1. The molecule has 0 radical (unpaired) electrons. The molecule has 22 heavy (non-hydrogen) atoms. The van der Waals surface area contributed by atoms with Crippen LogP contribution in [-0.4, -0.2) is 32.0 Å². The summed E-state index contributed by atoms with van der Waals surface area (Å²) in [6, 6.07) is 3.25. The molecule has 1 fully saturated rings. The third-order valence-corrected chi connectivity index (χ3v) is 6.10. The van der Waals surface area contributed by atoms with E-state index in [1.165, 1.54) is 6.07 Å². The first-order chi connectivity index (χ1) is 10.0. The lowest BCUT2D eigenvalue weighted by molar-refractivity contribution is -0.139. The van der Waals surface area contributed by atoms with Crippen LogP contribution in [0.2, 0.25) is 0 Å². The summed E-state index contributed by atoms with van der Waals surface area (Å²) < 4.78 is 62.2. The minimum Gasteiger partial charge on any atom is -0.367 e. The van der Waals surface area contributed by atoms with E-state index in [0.717, 1.165) is 17.9 Å². The van der Waals surface area contributed by atoms with Gasteiger partial charge in [-0.3, -0.25) is 0 Å². The minimum atomic E-state index is -4.78. The minimum absolute atomic E-state index is 0.0557. The Balaban J connectivity index is 2.52. The highest BCUT2D eigenvalue weighted by molar-refractivity contribution is 8.00. The lowest BCUT2D eigenvalue weighted by Gasteiger charge is -2.39. The van der Waals surface area contributed by atoms with Gasteiger partial charge in [0.2, 0.25) is 10.0 Å². The van der Waals surface area contributed by atoms with Gasteiger partial charge in [-0.1, -0.05) is 6.92 Å². The maximum atomic E-state index is 13.2. The van der Waals surface area contributed by atoms with E-state index < -0.39 is 26.7 Å². The SMILES string of the molecule is CC1SCCN(c2ccc(S(N)(=O)=O)c(C(F)(F)F)c2)C1C. The normalized spacial score (nSPS) is 23.6. The molecule has 1 aromatic rings. The molecule has 9 heteroatoms. The Morgan fingerprint density at radius 2 is 1.95 bits per heavy atom. The van der Waals surface area contributed by atoms with Crippen LogP contribution in [0.5, 0.6) is 0 Å². The van der Waals surface area contributed by atoms with E-state index in [2.05, 4.69) is 0 Å². The van der Waals surface area contributed by atoms with Gasteiger partial charge < -0.3 is 4.90 Å². The maximum absolute atomic E-state index is 13.2. The molecule has 0 bridgehead atoms. The first-order valence-electron chi connectivity index (χ1n) is 6.64. The highest BCUT2D eigenvalue weighted by atomic mass is 32.2. The molecule has 2 N–H and O–H groups in total. The highest BCUT2D eigenvalue weighted by Crippen LogP contribution is 2.38. The Morgan fingerprint density at radius 3 is 2.50 bits per heavy atom. The second kappa shape index (κ2) is 5.93. The number of nitrogens with zero attached hydrogens (tertiary/aromatic N) is 1. The molecule has 0 aliphatic carbocycles. The molecule has 0 spiro atoms. The van der Waals surface area contributed by atoms with Gasteiger partial charge in [0.25, 0.3) is 0 Å². The number of nitrogens with two attached hydrogens (primary N) is 1. The molecule has 2 unspecified atom stereocenters. The molecule has 2 rings (SSSR count). The highest BCUT2D eigenvalue weighted by Gasteiger charge is 2.37. The van der Waals surface area contributed by atoms with Crippen molar-refractivity contribution in [3.8, 4) is 0 Å². The zero-order chi connectivity index (χ0) is 16.7. The Morgan fingerprint density at radius 1 is 1.32 bits per heavy atom. The Kier molecular flexibility index (Phi) is 4.70. The van der Waals surface area contributed by atoms with Crippen LogP contribution in [0, 0.1) is 0 Å². The van der Waals surface area contributed by atoms with E-state index in [1.54, 1.807) is 11.8 Å². The van der Waals surface area contributed by atoms with Gasteiger partial charge in [0, 0.05) is 29.3 Å². The van der Waals surface area contributed by atoms with E-state index in [9.17, 15) is 21.6 Å². The maximum Gasteiger partial charge on any atom is 0.417 e. The van der Waals surface area contributed by atoms with Crippen LogP contribution >= 0.6 is 11.8 Å². The fourth-order valence-electron chi connectivity index (χ4n) is 2.46. The summed E-state index contributed by atoms with van der Waals surface area (Å²) in [5.41, 5.74) is -0.857. The van der Waals surface area contributed by atoms with Crippen LogP contribution in [0.15, 0.2) is 23.1 Å².